The predicted octanol–water partition coefficient (Wildman–Crippen LogP) is 4.78. The number of aromatic nitrogens is 4. The zero-order chi connectivity index (χ0) is 28.2. The third kappa shape index (κ3) is 5.42. The highest BCUT2D eigenvalue weighted by Crippen LogP contribution is 2.46. The van der Waals surface area contributed by atoms with E-state index >= 15 is 0 Å². The van der Waals surface area contributed by atoms with Crippen LogP contribution in [0.2, 0.25) is 0 Å². The number of fused-ring (bicyclic) bond motifs is 1. The zero-order valence-electron chi connectivity index (χ0n) is 21.7. The molecule has 3 aromatic heterocycles. The minimum absolute atomic E-state index is 0.0522. The second-order valence-electron chi connectivity index (χ2n) is 11.6. The molecule has 3 fully saturated rings. The van der Waals surface area contributed by atoms with E-state index in [9.17, 15) is 27.2 Å². The minimum Gasteiger partial charge on any atom is -0.365 e. The molecule has 0 unspecified atom stereocenters. The number of hydrogen-bond acceptors (Lipinski definition) is 6. The average Bonchev–Trinajstić information content (AvgIpc) is 3.43. The maximum absolute atomic E-state index is 14.0. The molecule has 9 nitrogen and oxygen atoms in total. The van der Waals surface area contributed by atoms with Crippen LogP contribution in [0.4, 0.5) is 17.6 Å². The fourth-order valence-corrected chi connectivity index (χ4v) is 6.17. The Labute approximate surface area is 226 Å². The molecule has 214 valence electrons. The summed E-state index contributed by atoms with van der Waals surface area (Å²) in [7, 11) is 0. The molecule has 3 aliphatic carbocycles. The first-order valence-corrected chi connectivity index (χ1v) is 13.6. The lowest BCUT2D eigenvalue weighted by molar-refractivity contribution is -0.134. The molecule has 3 N–H and O–H groups in total. The molecule has 2 amide bonds. The van der Waals surface area contributed by atoms with Crippen LogP contribution < -0.4 is 11.1 Å². The highest BCUT2D eigenvalue weighted by molar-refractivity contribution is 5.93. The Hall–Kier alpha value is -3.51. The summed E-state index contributed by atoms with van der Waals surface area (Å²) in [5.41, 5.74) is 6.97. The zero-order valence-corrected chi connectivity index (χ0v) is 21.7. The van der Waals surface area contributed by atoms with E-state index in [4.69, 9.17) is 20.2 Å². The summed E-state index contributed by atoms with van der Waals surface area (Å²) in [6.45, 7) is 0. The summed E-state index contributed by atoms with van der Waals surface area (Å²) in [4.78, 5) is 34.1. The van der Waals surface area contributed by atoms with Gasteiger partial charge in [0.05, 0.1) is 23.3 Å². The molecular formula is C27H30F4N6O3. The molecule has 0 bridgehead atoms. The van der Waals surface area contributed by atoms with E-state index in [0.717, 1.165) is 19.1 Å². The maximum atomic E-state index is 14.0. The van der Waals surface area contributed by atoms with Gasteiger partial charge in [0.2, 0.25) is 23.5 Å². The fraction of sp³-hybridized carbons (Fsp3) is 0.593. The molecule has 0 spiro atoms. The lowest BCUT2D eigenvalue weighted by Gasteiger charge is -2.34. The van der Waals surface area contributed by atoms with Crippen molar-refractivity contribution in [2.45, 2.75) is 81.6 Å². The monoisotopic (exact) mass is 562 g/mol. The van der Waals surface area contributed by atoms with Crippen molar-refractivity contribution in [1.82, 2.24) is 24.8 Å². The molecule has 3 aliphatic rings. The quantitative estimate of drug-likeness (QED) is 0.362. The molecule has 3 aromatic rings. The van der Waals surface area contributed by atoms with Gasteiger partial charge in [-0.25, -0.2) is 27.5 Å². The third-order valence-electron chi connectivity index (χ3n) is 8.45. The van der Waals surface area contributed by atoms with E-state index in [1.807, 2.05) is 0 Å². The van der Waals surface area contributed by atoms with Gasteiger partial charge in [-0.1, -0.05) is 5.16 Å². The Kier molecular flexibility index (Phi) is 6.57. The predicted molar refractivity (Wildman–Crippen MR) is 133 cm³/mol. The van der Waals surface area contributed by atoms with Crippen molar-refractivity contribution in [2.24, 2.45) is 23.5 Å². The smallest absolute Gasteiger partial charge is 0.253 e. The summed E-state index contributed by atoms with van der Waals surface area (Å²) >= 11 is 0. The Morgan fingerprint density at radius 2 is 1.75 bits per heavy atom. The number of amides is 2. The van der Waals surface area contributed by atoms with Crippen LogP contribution in [0.25, 0.3) is 5.78 Å². The van der Waals surface area contributed by atoms with Crippen LogP contribution in [0.1, 0.15) is 97.2 Å². The molecule has 13 heteroatoms. The Bertz CT molecular complexity index is 1420. The largest absolute Gasteiger partial charge is 0.365 e. The fourth-order valence-electron chi connectivity index (χ4n) is 6.17. The summed E-state index contributed by atoms with van der Waals surface area (Å²) in [5.74, 6) is -7.10. The average molecular weight is 563 g/mol. The molecule has 3 saturated carbocycles. The lowest BCUT2D eigenvalue weighted by atomic mass is 9.75. The summed E-state index contributed by atoms with van der Waals surface area (Å²) in [6.07, 6.45) is 5.83. The normalized spacial score (nSPS) is 22.5. The minimum atomic E-state index is -2.74. The maximum Gasteiger partial charge on any atom is 0.253 e. The van der Waals surface area contributed by atoms with E-state index in [2.05, 4.69) is 10.5 Å². The van der Waals surface area contributed by atoms with Crippen LogP contribution in [-0.2, 0) is 4.79 Å². The first-order valence-electron chi connectivity index (χ1n) is 13.6. The summed E-state index contributed by atoms with van der Waals surface area (Å²) in [5, 5.41) is 7.01. The van der Waals surface area contributed by atoms with E-state index in [-0.39, 0.29) is 85.9 Å². The SMILES string of the molecule is NC(=O)c1conc1[C@H](c1cn2ccc([C@H](NC(=O)CC3CC(F)(F)C3)C3CC3)nc2n1)C1CCC(F)(F)CC1. The molecule has 0 radical (unpaired) electrons. The molecule has 0 saturated heterocycles. The molecule has 6 rings (SSSR count). The molecule has 40 heavy (non-hydrogen) atoms. The van der Waals surface area contributed by atoms with Gasteiger partial charge in [-0.2, -0.15) is 0 Å². The second-order valence-corrected chi connectivity index (χ2v) is 11.6. The number of nitrogens with zero attached hydrogens (tertiary/aromatic N) is 4. The number of carbonyl (C=O) groups excluding carboxylic acids is 2. The van der Waals surface area contributed by atoms with Crippen molar-refractivity contribution < 1.29 is 31.7 Å². The van der Waals surface area contributed by atoms with Crippen molar-refractivity contribution >= 4 is 17.6 Å². The standard InChI is InChI=1S/C27H30F4N6O3/c28-26(29)6-3-15(4-7-26)21(23-17(24(32)39)13-40-36-23)19-12-37-8-5-18(33-25(37)34-19)22(16-1-2-16)35-20(38)9-14-10-27(30,31)11-14/h5,8,12-16,21-22H,1-4,6-7,9-11H2,(H2,32,39)(H,35,38)/t21-,22+/m0/s1. The van der Waals surface area contributed by atoms with Gasteiger partial charge in [0.1, 0.15) is 17.5 Å². The van der Waals surface area contributed by atoms with Gasteiger partial charge in [0.25, 0.3) is 5.91 Å². The molecule has 0 aromatic carbocycles. The summed E-state index contributed by atoms with van der Waals surface area (Å²) in [6, 6.07) is 1.41. The van der Waals surface area contributed by atoms with Gasteiger partial charge in [-0.3, -0.25) is 14.0 Å². The van der Waals surface area contributed by atoms with E-state index in [1.165, 1.54) is 0 Å². The number of nitrogens with two attached hydrogens (primary N) is 1. The number of rotatable bonds is 9. The molecule has 2 atom stereocenters. The third-order valence-corrected chi connectivity index (χ3v) is 8.45. The van der Waals surface area contributed by atoms with E-state index in [0.29, 0.717) is 17.2 Å². The van der Waals surface area contributed by atoms with Gasteiger partial charge in [0, 0.05) is 44.5 Å². The number of carbonyl (C=O) groups is 2. The lowest BCUT2D eigenvalue weighted by Crippen LogP contribution is -2.39. The first-order chi connectivity index (χ1) is 19.0. The number of halogens is 4. The second kappa shape index (κ2) is 9.84. The topological polar surface area (TPSA) is 128 Å². The summed E-state index contributed by atoms with van der Waals surface area (Å²) < 4.78 is 61.1. The van der Waals surface area contributed by atoms with Crippen molar-refractivity contribution in [2.75, 3.05) is 0 Å². The van der Waals surface area contributed by atoms with Gasteiger partial charge >= 0.3 is 0 Å². The van der Waals surface area contributed by atoms with Crippen LogP contribution >= 0.6 is 0 Å². The first kappa shape index (κ1) is 26.7. The Balaban J connectivity index is 1.27. The highest BCUT2D eigenvalue weighted by Gasteiger charge is 2.46. The van der Waals surface area contributed by atoms with Crippen LogP contribution in [0, 0.1) is 17.8 Å². The van der Waals surface area contributed by atoms with Crippen LogP contribution in [0.15, 0.2) is 29.2 Å². The van der Waals surface area contributed by atoms with Crippen molar-refractivity contribution in [3.63, 3.8) is 0 Å². The van der Waals surface area contributed by atoms with Crippen molar-refractivity contribution in [3.8, 4) is 0 Å². The molecule has 3 heterocycles. The van der Waals surface area contributed by atoms with E-state index < -0.39 is 23.7 Å². The number of imidazole rings is 1. The highest BCUT2D eigenvalue weighted by atomic mass is 19.3. The van der Waals surface area contributed by atoms with Crippen molar-refractivity contribution in [1.29, 1.82) is 0 Å². The van der Waals surface area contributed by atoms with Gasteiger partial charge in [-0.15, -0.1) is 0 Å². The van der Waals surface area contributed by atoms with Gasteiger partial charge in [0.15, 0.2) is 0 Å². The van der Waals surface area contributed by atoms with Crippen LogP contribution in [0.5, 0.6) is 0 Å². The number of primary amides is 1. The van der Waals surface area contributed by atoms with Gasteiger partial charge in [-0.05, 0) is 49.5 Å². The van der Waals surface area contributed by atoms with Crippen molar-refractivity contribution in [3.05, 3.63) is 47.4 Å². The Morgan fingerprint density at radius 1 is 1.05 bits per heavy atom. The molecule has 0 aliphatic heterocycles. The number of nitrogens with one attached hydrogen (secondary N) is 1. The van der Waals surface area contributed by atoms with E-state index in [1.54, 1.807) is 22.9 Å². The Morgan fingerprint density at radius 3 is 2.40 bits per heavy atom. The number of alkyl halides is 4. The van der Waals surface area contributed by atoms with Gasteiger partial charge < -0.3 is 15.6 Å². The molecular weight excluding hydrogens is 532 g/mol. The van der Waals surface area contributed by atoms with Crippen LogP contribution in [-0.4, -0.2) is 43.2 Å². The van der Waals surface area contributed by atoms with Crippen LogP contribution in [0.3, 0.4) is 0 Å². The number of hydrogen-bond donors (Lipinski definition) is 2.